The third-order valence-electron chi connectivity index (χ3n) is 12.9. The van der Waals surface area contributed by atoms with Crippen molar-refractivity contribution in [3.05, 3.63) is 54.7 Å². The molecule has 8 nitrogen and oxygen atoms in total. The first-order chi connectivity index (χ1) is 24.1. The molecule has 1 N–H and O–H groups in total. The predicted molar refractivity (Wildman–Crippen MR) is 207 cm³/mol. The Bertz CT molecular complexity index is 1180. The van der Waals surface area contributed by atoms with Gasteiger partial charge in [0.2, 0.25) is 0 Å². The van der Waals surface area contributed by atoms with Crippen LogP contribution in [0.1, 0.15) is 65.2 Å². The zero-order valence-corrected chi connectivity index (χ0v) is 31.4. The fourth-order valence-corrected chi connectivity index (χ4v) is 9.12. The lowest BCUT2D eigenvalue weighted by molar-refractivity contribution is 0.0251. The Morgan fingerprint density at radius 1 is 0.612 bits per heavy atom. The molecule has 6 aliphatic heterocycles. The molecule has 7 heterocycles. The molecule has 0 bridgehead atoms. The van der Waals surface area contributed by atoms with E-state index >= 15 is 0 Å². The highest BCUT2D eigenvalue weighted by Gasteiger charge is 2.40. The minimum Gasteiger partial charge on any atom is -0.369 e. The summed E-state index contributed by atoms with van der Waals surface area (Å²) in [5.41, 5.74) is 2.73. The summed E-state index contributed by atoms with van der Waals surface area (Å²) in [5.74, 6) is 2.04. The molecule has 8 heteroatoms. The highest BCUT2D eigenvalue weighted by molar-refractivity contribution is 5.46. The third-order valence-corrected chi connectivity index (χ3v) is 12.9. The summed E-state index contributed by atoms with van der Waals surface area (Å²) in [5, 5.41) is 3.45. The quantitative estimate of drug-likeness (QED) is 0.427. The zero-order valence-electron chi connectivity index (χ0n) is 31.4. The molecule has 8 rings (SSSR count). The van der Waals surface area contributed by atoms with Crippen LogP contribution in [0.15, 0.2) is 54.7 Å². The number of anilines is 2. The summed E-state index contributed by atoms with van der Waals surface area (Å²) in [6.45, 7) is 23.9. The molecule has 0 radical (unpaired) electrons. The number of benzene rings is 1. The highest BCUT2D eigenvalue weighted by Crippen LogP contribution is 2.41. The minimum absolute atomic E-state index is 0.669. The van der Waals surface area contributed by atoms with Crippen molar-refractivity contribution in [1.29, 1.82) is 0 Å². The molecule has 1 aromatic carbocycles. The number of hydrogen-bond acceptors (Lipinski definition) is 8. The van der Waals surface area contributed by atoms with Gasteiger partial charge in [-0.1, -0.05) is 38.1 Å². The summed E-state index contributed by atoms with van der Waals surface area (Å²) in [6, 6.07) is 17.1. The molecule has 6 aliphatic rings. The van der Waals surface area contributed by atoms with Crippen LogP contribution in [-0.2, 0) is 0 Å². The van der Waals surface area contributed by atoms with E-state index in [0.29, 0.717) is 10.8 Å². The summed E-state index contributed by atoms with van der Waals surface area (Å²) < 4.78 is 0. The van der Waals surface area contributed by atoms with Crippen molar-refractivity contribution >= 4 is 11.5 Å². The monoisotopic (exact) mass is 673 g/mol. The van der Waals surface area contributed by atoms with Crippen molar-refractivity contribution in [3.63, 3.8) is 0 Å². The van der Waals surface area contributed by atoms with Crippen molar-refractivity contribution in [3.8, 4) is 0 Å². The Morgan fingerprint density at radius 3 is 1.78 bits per heavy atom. The number of piperazine rings is 1. The topological polar surface area (TPSA) is 44.4 Å². The lowest BCUT2D eigenvalue weighted by Gasteiger charge is -2.49. The molecule has 6 saturated heterocycles. The summed E-state index contributed by atoms with van der Waals surface area (Å²) in [7, 11) is 2.28. The summed E-state index contributed by atoms with van der Waals surface area (Å²) in [4.78, 5) is 20.1. The number of likely N-dealkylation sites (tertiary alicyclic amines) is 3. The van der Waals surface area contributed by atoms with Crippen molar-refractivity contribution in [2.45, 2.75) is 65.2 Å². The zero-order chi connectivity index (χ0) is 33.9. The first-order valence-electron chi connectivity index (χ1n) is 20.1. The Morgan fingerprint density at radius 2 is 1.18 bits per heavy atom. The minimum atomic E-state index is 0.669. The molecular weight excluding hydrogens is 605 g/mol. The van der Waals surface area contributed by atoms with Gasteiger partial charge in [0.25, 0.3) is 0 Å². The number of pyridine rings is 1. The van der Waals surface area contributed by atoms with Crippen molar-refractivity contribution in [2.24, 2.45) is 16.7 Å². The van der Waals surface area contributed by atoms with Gasteiger partial charge in [0, 0.05) is 70.8 Å². The van der Waals surface area contributed by atoms with E-state index < -0.39 is 0 Å². The fourth-order valence-electron chi connectivity index (χ4n) is 9.12. The van der Waals surface area contributed by atoms with Crippen LogP contribution in [0.4, 0.5) is 11.5 Å². The average molecular weight is 673 g/mol. The van der Waals surface area contributed by atoms with Gasteiger partial charge in [-0.15, -0.1) is 0 Å². The molecular formula is C41H68N8. The predicted octanol–water partition coefficient (Wildman–Crippen LogP) is 5.58. The van der Waals surface area contributed by atoms with E-state index in [1.165, 1.54) is 149 Å². The maximum absolute atomic E-state index is 4.51. The van der Waals surface area contributed by atoms with E-state index in [2.05, 4.69) is 89.2 Å². The second-order valence-electron chi connectivity index (χ2n) is 16.0. The van der Waals surface area contributed by atoms with Crippen molar-refractivity contribution < 1.29 is 0 Å². The molecule has 0 aliphatic carbocycles. The van der Waals surface area contributed by atoms with Crippen molar-refractivity contribution in [2.75, 3.05) is 122 Å². The van der Waals surface area contributed by atoms with Gasteiger partial charge in [0.1, 0.15) is 5.82 Å². The molecule has 0 atom stereocenters. The first-order valence-corrected chi connectivity index (χ1v) is 20.1. The van der Waals surface area contributed by atoms with Gasteiger partial charge in [0.05, 0.1) is 6.67 Å². The van der Waals surface area contributed by atoms with Crippen LogP contribution in [0.25, 0.3) is 0 Å². The van der Waals surface area contributed by atoms with E-state index in [0.717, 1.165) is 24.8 Å². The Labute approximate surface area is 299 Å². The molecule has 49 heavy (non-hydrogen) atoms. The normalized spacial score (nSPS) is 25.2. The standard InChI is InChI=1S/C21H34N4.C18H28N4.C2H6/c1-23-14-7-21(8-15-23)9-16-24(17-10-21)18-19-5-12-25(13-6-19)20-4-2-3-11-22-20;1-2-4-17(5-3-1)22-12-10-21(11-13-22)16-20-8-6-18(7-9-20)14-19-15-18;1-2/h2-4,11,19H,5-10,12-18H2,1H3;1-5,19H,6-16H2;1-2H3. The SMILES string of the molecule is CC.CN1CCC2(CC1)CCN(CC1CCN(c3ccccn3)CC1)CC2.c1ccc(N2CCN(CN3CCC4(CC3)CNC4)CC2)cc1. The second kappa shape index (κ2) is 17.8. The maximum Gasteiger partial charge on any atom is 0.128 e. The van der Waals surface area contributed by atoms with Gasteiger partial charge >= 0.3 is 0 Å². The van der Waals surface area contributed by atoms with Crippen molar-refractivity contribution in [1.82, 2.24) is 29.9 Å². The van der Waals surface area contributed by atoms with Gasteiger partial charge < -0.3 is 24.9 Å². The first kappa shape index (κ1) is 36.6. The van der Waals surface area contributed by atoms with E-state index in [9.17, 15) is 0 Å². The van der Waals surface area contributed by atoms with E-state index in [4.69, 9.17) is 0 Å². The number of para-hydroxylation sites is 1. The molecule has 272 valence electrons. The molecule has 2 aromatic rings. The number of nitrogens with one attached hydrogen (secondary N) is 1. The third kappa shape index (κ3) is 9.97. The van der Waals surface area contributed by atoms with E-state index in [1.807, 2.05) is 26.1 Å². The fraction of sp³-hybridized carbons (Fsp3) is 0.732. The number of nitrogens with zero attached hydrogens (tertiary/aromatic N) is 7. The van der Waals surface area contributed by atoms with Crippen LogP contribution in [0, 0.1) is 16.7 Å². The number of rotatable bonds is 6. The second-order valence-corrected chi connectivity index (χ2v) is 16.0. The maximum atomic E-state index is 4.51. The Kier molecular flexibility index (Phi) is 13.3. The molecule has 1 aromatic heterocycles. The van der Waals surface area contributed by atoms with E-state index in [1.54, 1.807) is 0 Å². The number of aromatic nitrogens is 1. The van der Waals surface area contributed by atoms with Gasteiger partial charge in [0.15, 0.2) is 0 Å². The Hall–Kier alpha value is -2.23. The van der Waals surface area contributed by atoms with Gasteiger partial charge in [-0.25, -0.2) is 4.98 Å². The van der Waals surface area contributed by atoms with Crippen LogP contribution in [0.2, 0.25) is 0 Å². The number of hydrogen-bond donors (Lipinski definition) is 1. The molecule has 6 fully saturated rings. The Balaban J connectivity index is 0.000000163. The molecule has 0 amide bonds. The van der Waals surface area contributed by atoms with Gasteiger partial charge in [-0.2, -0.15) is 0 Å². The van der Waals surface area contributed by atoms with Crippen LogP contribution in [-0.4, -0.2) is 136 Å². The average Bonchev–Trinajstić information content (AvgIpc) is 3.16. The van der Waals surface area contributed by atoms with Crippen LogP contribution < -0.4 is 15.1 Å². The smallest absolute Gasteiger partial charge is 0.128 e. The number of piperidine rings is 4. The highest BCUT2D eigenvalue weighted by atomic mass is 15.4. The lowest BCUT2D eigenvalue weighted by Crippen LogP contribution is -2.59. The molecule has 0 unspecified atom stereocenters. The van der Waals surface area contributed by atoms with Crippen LogP contribution >= 0.6 is 0 Å². The van der Waals surface area contributed by atoms with E-state index in [-0.39, 0.29) is 0 Å². The van der Waals surface area contributed by atoms with Crippen LogP contribution in [0.3, 0.4) is 0 Å². The van der Waals surface area contributed by atoms with Gasteiger partial charge in [-0.3, -0.25) is 9.80 Å². The largest absolute Gasteiger partial charge is 0.369 e. The molecule has 0 saturated carbocycles. The van der Waals surface area contributed by atoms with Crippen LogP contribution in [0.5, 0.6) is 0 Å². The summed E-state index contributed by atoms with van der Waals surface area (Å²) >= 11 is 0. The van der Waals surface area contributed by atoms with Gasteiger partial charge in [-0.05, 0) is 139 Å². The lowest BCUT2D eigenvalue weighted by atomic mass is 9.71. The summed E-state index contributed by atoms with van der Waals surface area (Å²) in [6.07, 6.45) is 13.1. The molecule has 2 spiro atoms.